The third kappa shape index (κ3) is 6.60. The molecule has 0 unspecified atom stereocenters. The molecule has 7 N–H and O–H groups in total. The van der Waals surface area contributed by atoms with E-state index in [1.165, 1.54) is 6.07 Å². The monoisotopic (exact) mass is 714 g/mol. The van der Waals surface area contributed by atoms with Crippen LogP contribution in [-0.4, -0.2) is 85.2 Å². The molecule has 2 aliphatic heterocycles. The number of nitrogens with zero attached hydrogens (tertiary/aromatic N) is 1. The first-order valence-electron chi connectivity index (χ1n) is 13.6. The van der Waals surface area contributed by atoms with Gasteiger partial charge in [0, 0.05) is 47.3 Å². The second-order valence-corrected chi connectivity index (χ2v) is 13.0. The molecule has 0 saturated heterocycles. The van der Waals surface area contributed by atoms with Gasteiger partial charge in [-0.15, -0.1) is 0 Å². The zero-order valence-electron chi connectivity index (χ0n) is 24.5. The number of rotatable bonds is 10. The molecule has 254 valence electrons. The van der Waals surface area contributed by atoms with Gasteiger partial charge in [0.15, 0.2) is 21.1 Å². The van der Waals surface area contributed by atoms with E-state index < -0.39 is 94.2 Å². The van der Waals surface area contributed by atoms with Crippen molar-refractivity contribution in [1.82, 2.24) is 15.5 Å². The molecule has 4 amide bonds. The van der Waals surface area contributed by atoms with Crippen molar-refractivity contribution in [1.29, 1.82) is 0 Å². The maximum absolute atomic E-state index is 12.9. The van der Waals surface area contributed by atoms with Crippen molar-refractivity contribution >= 4 is 66.5 Å². The Hall–Kier alpha value is -5.96. The highest BCUT2D eigenvalue weighted by molar-refractivity contribution is 7.86. The Bertz CT molecular complexity index is 2400. The molecule has 5 rings (SSSR count). The molecule has 20 heteroatoms. The van der Waals surface area contributed by atoms with Gasteiger partial charge in [-0.1, -0.05) is 6.07 Å². The number of amides is 4. The molecule has 1 aliphatic carbocycles. The number of carbonyl (C=O) groups is 5. The van der Waals surface area contributed by atoms with Gasteiger partial charge in [0.05, 0.1) is 17.8 Å². The number of hydrogen-bond acceptors (Lipinski definition) is 12. The summed E-state index contributed by atoms with van der Waals surface area (Å²) in [5.74, 6) is -5.25. The van der Waals surface area contributed by atoms with Gasteiger partial charge in [0.25, 0.3) is 27.8 Å². The number of anilines is 1. The molecule has 49 heavy (non-hydrogen) atoms. The van der Waals surface area contributed by atoms with Crippen LogP contribution < -0.4 is 21.8 Å². The Labute approximate surface area is 274 Å². The van der Waals surface area contributed by atoms with Crippen molar-refractivity contribution < 1.29 is 59.4 Å². The van der Waals surface area contributed by atoms with Gasteiger partial charge < -0.3 is 25.9 Å². The van der Waals surface area contributed by atoms with Gasteiger partial charge in [-0.25, -0.2) is 4.79 Å². The highest BCUT2D eigenvalue weighted by Crippen LogP contribution is 2.45. The van der Waals surface area contributed by atoms with Crippen LogP contribution in [0, 0.1) is 0 Å². The molecule has 2 aromatic rings. The number of carbonyl (C=O) groups excluding carboxylic acids is 4. The van der Waals surface area contributed by atoms with E-state index in [9.17, 15) is 59.8 Å². The molecule has 0 saturated carbocycles. The second-order valence-electron chi connectivity index (χ2n) is 10.3. The molecule has 2 aromatic carbocycles. The first-order valence-corrected chi connectivity index (χ1v) is 16.5. The predicted octanol–water partition coefficient (Wildman–Crippen LogP) is 0.110. The fourth-order valence-electron chi connectivity index (χ4n) is 5.13. The Morgan fingerprint density at radius 2 is 1.47 bits per heavy atom. The van der Waals surface area contributed by atoms with Crippen LogP contribution in [-0.2, 0) is 34.6 Å². The summed E-state index contributed by atoms with van der Waals surface area (Å²) in [4.78, 5) is 72.0. The van der Waals surface area contributed by atoms with Crippen molar-refractivity contribution in [3.63, 3.8) is 0 Å². The lowest BCUT2D eigenvalue weighted by Gasteiger charge is -2.19. The van der Waals surface area contributed by atoms with Crippen molar-refractivity contribution in [2.24, 2.45) is 0 Å². The first-order chi connectivity index (χ1) is 22.9. The lowest BCUT2D eigenvalue weighted by Crippen LogP contribution is -2.42. The van der Waals surface area contributed by atoms with Gasteiger partial charge >= 0.3 is 16.1 Å². The summed E-state index contributed by atoms with van der Waals surface area (Å²) in [6, 6.07) is 7.11. The minimum absolute atomic E-state index is 0.116. The van der Waals surface area contributed by atoms with Crippen LogP contribution in [0.2, 0.25) is 0 Å². The third-order valence-corrected chi connectivity index (χ3v) is 9.07. The number of fused-ring (bicyclic) bond motifs is 2. The van der Waals surface area contributed by atoms with Gasteiger partial charge in [0.2, 0.25) is 11.3 Å². The normalized spacial score (nSPS) is 13.3. The quantitative estimate of drug-likeness (QED) is 0.0550. The van der Waals surface area contributed by atoms with E-state index in [0.29, 0.717) is 0 Å². The number of imide groups is 1. The second kappa shape index (κ2) is 12.6. The number of aromatic carboxylic acids is 1. The molecular weight excluding hydrogens is 692 g/mol. The van der Waals surface area contributed by atoms with Crippen LogP contribution in [0.4, 0.5) is 5.69 Å². The number of carboxylic acid groups (broad SMARTS) is 1. The number of benzene rings is 3. The van der Waals surface area contributed by atoms with Crippen molar-refractivity contribution in [3.05, 3.63) is 76.0 Å². The average Bonchev–Trinajstić information content (AvgIpc) is 3.33. The SMILES string of the molecule is Nc1ccc2c(-c3ccc(C(=O)NCC(=O)NCCN4C(=O)C=CC4=O)cc3C(=O)O)c3ccc(=O)c(S(=O)(=O)O)c-3oc2c1S(=O)(=O)O. The molecule has 2 heterocycles. The van der Waals surface area contributed by atoms with Gasteiger partial charge in [-0.2, -0.15) is 16.8 Å². The predicted molar refractivity (Wildman–Crippen MR) is 167 cm³/mol. The minimum atomic E-state index is -5.35. The third-order valence-electron chi connectivity index (χ3n) is 7.23. The maximum Gasteiger partial charge on any atom is 0.336 e. The number of nitrogens with two attached hydrogens (primary N) is 1. The molecule has 0 fully saturated rings. The summed E-state index contributed by atoms with van der Waals surface area (Å²) in [5, 5.41) is 14.6. The molecule has 3 aliphatic rings. The highest BCUT2D eigenvalue weighted by Gasteiger charge is 2.32. The topological polar surface area (TPSA) is 298 Å². The van der Waals surface area contributed by atoms with Crippen LogP contribution in [0.1, 0.15) is 20.7 Å². The van der Waals surface area contributed by atoms with E-state index in [4.69, 9.17) is 10.2 Å². The summed E-state index contributed by atoms with van der Waals surface area (Å²) in [6.45, 7) is -0.826. The van der Waals surface area contributed by atoms with E-state index in [1.54, 1.807) is 0 Å². The molecule has 0 aromatic heterocycles. The van der Waals surface area contributed by atoms with Crippen LogP contribution in [0.25, 0.3) is 33.4 Å². The van der Waals surface area contributed by atoms with Gasteiger partial charge in [-0.3, -0.25) is 38.0 Å². The average molecular weight is 715 g/mol. The fourth-order valence-corrected chi connectivity index (χ4v) is 6.59. The Morgan fingerprint density at radius 3 is 2.08 bits per heavy atom. The van der Waals surface area contributed by atoms with Crippen LogP contribution in [0.3, 0.4) is 0 Å². The molecule has 0 atom stereocenters. The summed E-state index contributed by atoms with van der Waals surface area (Å²) in [7, 11) is -10.6. The fraction of sp³-hybridized carbons (Fsp3) is 0.103. The smallest absolute Gasteiger partial charge is 0.336 e. The van der Waals surface area contributed by atoms with E-state index in [2.05, 4.69) is 10.6 Å². The molecule has 18 nitrogen and oxygen atoms in total. The summed E-state index contributed by atoms with van der Waals surface area (Å²) < 4.78 is 74.5. The van der Waals surface area contributed by atoms with Gasteiger partial charge in [0.1, 0.15) is 0 Å². The molecular formula is C29H22N4O14S2. The first kappa shape index (κ1) is 34.4. The Kier molecular flexibility index (Phi) is 8.82. The van der Waals surface area contributed by atoms with E-state index in [1.807, 2.05) is 0 Å². The Balaban J connectivity index is 1.56. The highest BCUT2D eigenvalue weighted by atomic mass is 32.2. The lowest BCUT2D eigenvalue weighted by atomic mass is 9.89. The minimum Gasteiger partial charge on any atom is -0.478 e. The zero-order valence-corrected chi connectivity index (χ0v) is 26.1. The van der Waals surface area contributed by atoms with E-state index in [-0.39, 0.29) is 40.7 Å². The summed E-state index contributed by atoms with van der Waals surface area (Å²) in [6.07, 6.45) is 2.15. The summed E-state index contributed by atoms with van der Waals surface area (Å²) in [5.41, 5.74) is 1.46. The van der Waals surface area contributed by atoms with Gasteiger partial charge in [-0.05, 0) is 42.0 Å². The lowest BCUT2D eigenvalue weighted by molar-refractivity contribution is -0.137. The van der Waals surface area contributed by atoms with E-state index in [0.717, 1.165) is 53.5 Å². The van der Waals surface area contributed by atoms with Crippen LogP contribution in [0.15, 0.2) is 73.6 Å². The van der Waals surface area contributed by atoms with Crippen molar-refractivity contribution in [2.75, 3.05) is 25.4 Å². The van der Waals surface area contributed by atoms with Crippen molar-refractivity contribution in [2.45, 2.75) is 9.79 Å². The summed E-state index contributed by atoms with van der Waals surface area (Å²) >= 11 is 0. The maximum atomic E-state index is 12.9. The van der Waals surface area contributed by atoms with Crippen LogP contribution in [0.5, 0.6) is 0 Å². The molecule has 0 bridgehead atoms. The zero-order chi connectivity index (χ0) is 36.0. The van der Waals surface area contributed by atoms with Crippen LogP contribution >= 0.6 is 0 Å². The van der Waals surface area contributed by atoms with Crippen molar-refractivity contribution in [3.8, 4) is 22.5 Å². The number of carboxylic acids is 1. The number of nitrogen functional groups attached to an aromatic ring is 1. The molecule has 0 spiro atoms. The Morgan fingerprint density at radius 1 is 0.837 bits per heavy atom. The number of nitrogens with one attached hydrogen (secondary N) is 2. The standard InChI is InChI=1S/C29H22N4O14S2/c30-18-5-3-15-23(16-4-6-19(34)27(49(44,45)46)25(16)47-24(15)26(18)48(41,42)43)14-2-1-13(11-17(14)29(39)40)28(38)32-12-20(35)31-9-10-33-21(36)7-8-22(33)37/h1-8,11H,9-10,12,30H2,(H,31,35)(H,32,38)(H,39,40)(H,41,42,43)(H,44,45,46). The molecule has 0 radical (unpaired) electrons. The largest absolute Gasteiger partial charge is 0.478 e. The number of hydrogen-bond donors (Lipinski definition) is 6. The van der Waals surface area contributed by atoms with E-state index >= 15 is 0 Å².